The Bertz CT molecular complexity index is 408. The second-order valence-corrected chi connectivity index (χ2v) is 4.72. The molecule has 0 heterocycles. The summed E-state index contributed by atoms with van der Waals surface area (Å²) < 4.78 is 5.11. The summed E-state index contributed by atoms with van der Waals surface area (Å²) in [6, 6.07) is 8.78. The van der Waals surface area contributed by atoms with Crippen LogP contribution in [-0.4, -0.2) is 17.3 Å². The number of ether oxygens (including phenoxy) is 1. The molecule has 0 radical (unpaired) electrons. The van der Waals surface area contributed by atoms with E-state index in [9.17, 15) is 9.59 Å². The van der Waals surface area contributed by atoms with Gasteiger partial charge in [0.05, 0.1) is 0 Å². The van der Waals surface area contributed by atoms with Crippen LogP contribution in [0, 0.1) is 0 Å². The number of benzene rings is 1. The first-order valence-electron chi connectivity index (χ1n) is 6.24. The highest BCUT2D eigenvalue weighted by atomic mass is 35.5. The van der Waals surface area contributed by atoms with Gasteiger partial charge in [-0.3, -0.25) is 9.59 Å². The van der Waals surface area contributed by atoms with E-state index in [2.05, 4.69) is 0 Å². The molecule has 0 saturated carbocycles. The molecule has 2 N–H and O–H groups in total. The third-order valence-electron chi connectivity index (χ3n) is 2.67. The van der Waals surface area contributed by atoms with Gasteiger partial charge in [-0.15, -0.1) is 0 Å². The number of carbonyl (C=O) groups is 2. The highest BCUT2D eigenvalue weighted by molar-refractivity contribution is 6.63. The Hall–Kier alpha value is -1.39. The van der Waals surface area contributed by atoms with Crippen molar-refractivity contribution in [3.8, 4) is 0 Å². The van der Waals surface area contributed by atoms with Gasteiger partial charge in [-0.1, -0.05) is 36.8 Å². The highest BCUT2D eigenvalue weighted by Gasteiger charge is 2.14. The van der Waals surface area contributed by atoms with Crippen LogP contribution in [-0.2, 0) is 20.9 Å². The third-order valence-corrected chi connectivity index (χ3v) is 2.85. The molecule has 0 aliphatic rings. The SMILES string of the molecule is NC(CCCCC(=O)Cl)C(=O)OCc1ccccc1. The highest BCUT2D eigenvalue weighted by Crippen LogP contribution is 2.07. The summed E-state index contributed by atoms with van der Waals surface area (Å²) >= 11 is 5.21. The fraction of sp³-hybridized carbons (Fsp3) is 0.429. The molecule has 0 saturated heterocycles. The number of unbranched alkanes of at least 4 members (excludes halogenated alkanes) is 1. The Kier molecular flexibility index (Phi) is 7.15. The van der Waals surface area contributed by atoms with Crippen molar-refractivity contribution in [1.82, 2.24) is 0 Å². The van der Waals surface area contributed by atoms with Gasteiger partial charge in [0.2, 0.25) is 5.24 Å². The number of hydrogen-bond acceptors (Lipinski definition) is 4. The lowest BCUT2D eigenvalue weighted by Gasteiger charge is -2.11. The first kappa shape index (κ1) is 15.7. The van der Waals surface area contributed by atoms with Gasteiger partial charge in [-0.05, 0) is 30.0 Å². The molecular weight excluding hydrogens is 266 g/mol. The Morgan fingerprint density at radius 1 is 1.21 bits per heavy atom. The lowest BCUT2D eigenvalue weighted by atomic mass is 10.1. The normalized spacial score (nSPS) is 11.9. The van der Waals surface area contributed by atoms with E-state index in [4.69, 9.17) is 22.1 Å². The summed E-state index contributed by atoms with van der Waals surface area (Å²) in [6.45, 7) is 0.230. The predicted molar refractivity (Wildman–Crippen MR) is 73.5 cm³/mol. The van der Waals surface area contributed by atoms with Crippen LogP contribution in [0.15, 0.2) is 30.3 Å². The molecular formula is C14H18ClNO3. The Morgan fingerprint density at radius 3 is 2.53 bits per heavy atom. The standard InChI is InChI=1S/C14H18ClNO3/c15-13(17)9-5-4-8-12(16)14(18)19-10-11-6-2-1-3-7-11/h1-3,6-7,12H,4-5,8-10,16H2. The molecule has 1 rings (SSSR count). The second-order valence-electron chi connectivity index (χ2n) is 4.30. The van der Waals surface area contributed by atoms with Crippen molar-refractivity contribution < 1.29 is 14.3 Å². The summed E-state index contributed by atoms with van der Waals surface area (Å²) in [5.74, 6) is -0.416. The van der Waals surface area contributed by atoms with E-state index in [1.807, 2.05) is 30.3 Å². The third kappa shape index (κ3) is 6.94. The number of halogens is 1. The molecule has 4 nitrogen and oxygen atoms in total. The average Bonchev–Trinajstić information content (AvgIpc) is 2.41. The van der Waals surface area contributed by atoms with Gasteiger partial charge in [-0.2, -0.15) is 0 Å². The monoisotopic (exact) mass is 283 g/mol. The predicted octanol–water partition coefficient (Wildman–Crippen LogP) is 2.38. The fourth-order valence-corrected chi connectivity index (χ4v) is 1.72. The van der Waals surface area contributed by atoms with Crippen LogP contribution in [0.3, 0.4) is 0 Å². The van der Waals surface area contributed by atoms with Gasteiger partial charge in [-0.25, -0.2) is 0 Å². The zero-order valence-electron chi connectivity index (χ0n) is 10.7. The van der Waals surface area contributed by atoms with Gasteiger partial charge in [0.15, 0.2) is 0 Å². The number of rotatable bonds is 8. The number of esters is 1. The van der Waals surface area contributed by atoms with Crippen molar-refractivity contribution in [2.75, 3.05) is 0 Å². The molecule has 0 amide bonds. The topological polar surface area (TPSA) is 69.4 Å². The Labute approximate surface area is 117 Å². The van der Waals surface area contributed by atoms with Gasteiger partial charge < -0.3 is 10.5 Å². The van der Waals surface area contributed by atoms with Crippen LogP contribution in [0.4, 0.5) is 0 Å². The fourth-order valence-electron chi connectivity index (χ4n) is 1.58. The van der Waals surface area contributed by atoms with Crippen LogP contribution in [0.5, 0.6) is 0 Å². The van der Waals surface area contributed by atoms with E-state index >= 15 is 0 Å². The van der Waals surface area contributed by atoms with Crippen LogP contribution in [0.25, 0.3) is 0 Å². The van der Waals surface area contributed by atoms with E-state index in [1.54, 1.807) is 0 Å². The largest absolute Gasteiger partial charge is 0.460 e. The summed E-state index contributed by atoms with van der Waals surface area (Å²) in [6.07, 6.45) is 2.13. The van der Waals surface area contributed by atoms with Gasteiger partial charge in [0.1, 0.15) is 12.6 Å². The molecule has 0 aromatic heterocycles. The van der Waals surface area contributed by atoms with E-state index < -0.39 is 12.0 Å². The first-order valence-corrected chi connectivity index (χ1v) is 6.62. The van der Waals surface area contributed by atoms with E-state index in [1.165, 1.54) is 0 Å². The van der Waals surface area contributed by atoms with Gasteiger partial charge >= 0.3 is 5.97 Å². The zero-order chi connectivity index (χ0) is 14.1. The quantitative estimate of drug-likeness (QED) is 0.452. The minimum Gasteiger partial charge on any atom is -0.460 e. The molecule has 0 spiro atoms. The summed E-state index contributed by atoms with van der Waals surface area (Å²) in [5, 5.41) is -0.361. The molecule has 0 aliphatic heterocycles. The van der Waals surface area contributed by atoms with Gasteiger partial charge in [0.25, 0.3) is 0 Å². The zero-order valence-corrected chi connectivity index (χ0v) is 11.4. The van der Waals surface area contributed by atoms with Crippen LogP contribution in [0.2, 0.25) is 0 Å². The summed E-state index contributed by atoms with van der Waals surface area (Å²) in [5.41, 5.74) is 6.63. The Balaban J connectivity index is 2.20. The maximum atomic E-state index is 11.6. The molecule has 0 fully saturated rings. The molecule has 19 heavy (non-hydrogen) atoms. The van der Waals surface area contributed by atoms with Crippen molar-refractivity contribution in [2.24, 2.45) is 5.73 Å². The molecule has 1 atom stereocenters. The number of hydrogen-bond donors (Lipinski definition) is 1. The van der Waals surface area contributed by atoms with Crippen molar-refractivity contribution in [1.29, 1.82) is 0 Å². The first-order chi connectivity index (χ1) is 9.09. The lowest BCUT2D eigenvalue weighted by Crippen LogP contribution is -2.32. The molecule has 1 aromatic rings. The molecule has 0 bridgehead atoms. The van der Waals surface area contributed by atoms with Crippen molar-refractivity contribution >= 4 is 22.8 Å². The van der Waals surface area contributed by atoms with E-state index in [-0.39, 0.29) is 11.8 Å². The molecule has 1 unspecified atom stereocenters. The summed E-state index contributed by atoms with van der Waals surface area (Å²) in [7, 11) is 0. The van der Waals surface area contributed by atoms with E-state index in [0.29, 0.717) is 25.7 Å². The minimum atomic E-state index is -0.644. The maximum absolute atomic E-state index is 11.6. The van der Waals surface area contributed by atoms with Gasteiger partial charge in [0, 0.05) is 6.42 Å². The van der Waals surface area contributed by atoms with Crippen LogP contribution < -0.4 is 5.73 Å². The molecule has 5 heteroatoms. The second kappa shape index (κ2) is 8.67. The van der Waals surface area contributed by atoms with Crippen molar-refractivity contribution in [3.63, 3.8) is 0 Å². The smallest absolute Gasteiger partial charge is 0.323 e. The minimum absolute atomic E-state index is 0.230. The van der Waals surface area contributed by atoms with Crippen LogP contribution >= 0.6 is 11.6 Å². The number of carbonyl (C=O) groups excluding carboxylic acids is 2. The molecule has 1 aromatic carbocycles. The lowest BCUT2D eigenvalue weighted by molar-refractivity contribution is -0.146. The Morgan fingerprint density at radius 2 is 1.89 bits per heavy atom. The maximum Gasteiger partial charge on any atom is 0.323 e. The molecule has 0 aliphatic carbocycles. The average molecular weight is 284 g/mol. The molecule has 104 valence electrons. The number of nitrogens with two attached hydrogens (primary N) is 1. The van der Waals surface area contributed by atoms with Crippen LogP contribution in [0.1, 0.15) is 31.2 Å². The van der Waals surface area contributed by atoms with Crippen molar-refractivity contribution in [3.05, 3.63) is 35.9 Å². The van der Waals surface area contributed by atoms with Crippen molar-refractivity contribution in [2.45, 2.75) is 38.3 Å². The summed E-state index contributed by atoms with van der Waals surface area (Å²) in [4.78, 5) is 22.1. The van der Waals surface area contributed by atoms with E-state index in [0.717, 1.165) is 5.56 Å².